The summed E-state index contributed by atoms with van der Waals surface area (Å²) in [7, 11) is 0. The van der Waals surface area contributed by atoms with Gasteiger partial charge in [-0.2, -0.15) is 5.10 Å². The number of nitrogens with one attached hydrogen (secondary N) is 1. The third kappa shape index (κ3) is 7.09. The molecular weight excluding hydrogens is 496 g/mol. The highest BCUT2D eigenvalue weighted by molar-refractivity contribution is 5.86. The van der Waals surface area contributed by atoms with Gasteiger partial charge in [0.05, 0.1) is 6.21 Å². The summed E-state index contributed by atoms with van der Waals surface area (Å²) in [5, 5.41) is 17.5. The fourth-order valence-electron chi connectivity index (χ4n) is 4.76. The van der Waals surface area contributed by atoms with Gasteiger partial charge in [0, 0.05) is 12.0 Å². The number of hydrogen-bond donors (Lipinski definition) is 2. The van der Waals surface area contributed by atoms with E-state index in [1.54, 1.807) is 6.21 Å². The molecule has 2 N–H and O–H groups in total. The van der Waals surface area contributed by atoms with Crippen LogP contribution < -0.4 is 10.2 Å². The number of aryl methyl sites for hydroxylation is 1. The Balaban J connectivity index is 1.40. The van der Waals surface area contributed by atoms with Gasteiger partial charge in [-0.3, -0.25) is 4.79 Å². The van der Waals surface area contributed by atoms with Gasteiger partial charge in [-0.05, 0) is 62.4 Å². The lowest BCUT2D eigenvalue weighted by molar-refractivity contribution is -0.121. The lowest BCUT2D eigenvalue weighted by atomic mass is 9.78. The topological polar surface area (TPSA) is 70.9 Å². The number of ether oxygens (including phenoxy) is 1. The molecule has 0 atom stereocenters. The van der Waals surface area contributed by atoms with Crippen LogP contribution in [0.4, 0.5) is 0 Å². The summed E-state index contributed by atoms with van der Waals surface area (Å²) in [5.41, 5.74) is 6.94. The molecule has 0 radical (unpaired) electrons. The van der Waals surface area contributed by atoms with Crippen molar-refractivity contribution in [3.05, 3.63) is 107 Å². The number of benzene rings is 4. The van der Waals surface area contributed by atoms with Gasteiger partial charge < -0.3 is 9.84 Å². The zero-order valence-electron chi connectivity index (χ0n) is 24.4. The number of amides is 1. The van der Waals surface area contributed by atoms with Gasteiger partial charge in [0.25, 0.3) is 0 Å². The minimum Gasteiger partial charge on any atom is -0.507 e. The van der Waals surface area contributed by atoms with E-state index in [0.717, 1.165) is 27.8 Å². The molecule has 0 fully saturated rings. The summed E-state index contributed by atoms with van der Waals surface area (Å²) >= 11 is 0. The number of hydrazone groups is 1. The molecule has 0 bridgehead atoms. The van der Waals surface area contributed by atoms with Crippen LogP contribution in [0.2, 0.25) is 0 Å². The molecule has 4 aromatic rings. The maximum Gasteiger partial charge on any atom is 0.240 e. The second-order valence-corrected chi connectivity index (χ2v) is 12.3. The van der Waals surface area contributed by atoms with E-state index in [9.17, 15) is 9.90 Å². The van der Waals surface area contributed by atoms with E-state index < -0.39 is 0 Å². The Bertz CT molecular complexity index is 1480. The molecular formula is C35H40N2O3. The molecule has 0 spiro atoms. The van der Waals surface area contributed by atoms with Crippen LogP contribution in [0.1, 0.15) is 75.8 Å². The van der Waals surface area contributed by atoms with Crippen LogP contribution in [0.5, 0.6) is 11.5 Å². The Labute approximate surface area is 237 Å². The molecule has 0 unspecified atom stereocenters. The summed E-state index contributed by atoms with van der Waals surface area (Å²) in [5.74, 6) is 0.870. The highest BCUT2D eigenvalue weighted by Gasteiger charge is 2.26. The largest absolute Gasteiger partial charge is 0.507 e. The molecule has 0 saturated heterocycles. The number of phenolic OH excluding ortho intramolecular Hbond substituents is 1. The molecule has 0 saturated carbocycles. The first-order valence-electron chi connectivity index (χ1n) is 13.8. The zero-order chi connectivity index (χ0) is 28.9. The molecule has 0 aromatic heterocycles. The quantitative estimate of drug-likeness (QED) is 0.178. The van der Waals surface area contributed by atoms with Crippen molar-refractivity contribution >= 4 is 22.9 Å². The monoisotopic (exact) mass is 536 g/mol. The number of fused-ring (bicyclic) bond motifs is 1. The van der Waals surface area contributed by atoms with Gasteiger partial charge in [-0.25, -0.2) is 5.43 Å². The highest BCUT2D eigenvalue weighted by Crippen LogP contribution is 2.40. The van der Waals surface area contributed by atoms with Crippen molar-refractivity contribution in [1.82, 2.24) is 5.43 Å². The summed E-state index contributed by atoms with van der Waals surface area (Å²) in [4.78, 5) is 12.7. The first-order chi connectivity index (χ1) is 18.9. The normalized spacial score (nSPS) is 12.2. The Morgan fingerprint density at radius 3 is 2.20 bits per heavy atom. The summed E-state index contributed by atoms with van der Waals surface area (Å²) in [6, 6.07) is 26.1. The third-order valence-electron chi connectivity index (χ3n) is 7.00. The van der Waals surface area contributed by atoms with E-state index in [1.807, 2.05) is 54.6 Å². The van der Waals surface area contributed by atoms with Crippen LogP contribution in [0.15, 0.2) is 84.0 Å². The minimum absolute atomic E-state index is 0.173. The number of carbonyl (C=O) groups is 1. The van der Waals surface area contributed by atoms with Crippen molar-refractivity contribution in [2.75, 3.05) is 0 Å². The number of carbonyl (C=O) groups excluding carboxylic acids is 1. The average molecular weight is 537 g/mol. The Morgan fingerprint density at radius 2 is 1.50 bits per heavy atom. The summed E-state index contributed by atoms with van der Waals surface area (Å²) in [6.07, 6.45) is 2.46. The number of aromatic hydroxyl groups is 1. The predicted molar refractivity (Wildman–Crippen MR) is 164 cm³/mol. The second kappa shape index (κ2) is 12.0. The van der Waals surface area contributed by atoms with E-state index >= 15 is 0 Å². The van der Waals surface area contributed by atoms with Crippen molar-refractivity contribution in [3.8, 4) is 11.5 Å². The van der Waals surface area contributed by atoms with Crippen molar-refractivity contribution in [2.45, 2.75) is 71.8 Å². The van der Waals surface area contributed by atoms with E-state index in [2.05, 4.69) is 76.3 Å². The van der Waals surface area contributed by atoms with Crippen LogP contribution in [0.25, 0.3) is 10.8 Å². The molecule has 1 amide bonds. The van der Waals surface area contributed by atoms with Gasteiger partial charge in [-0.1, -0.05) is 108 Å². The van der Waals surface area contributed by atoms with Crippen molar-refractivity contribution in [2.24, 2.45) is 5.10 Å². The molecule has 5 heteroatoms. The molecule has 208 valence electrons. The molecule has 0 heterocycles. The van der Waals surface area contributed by atoms with Crippen LogP contribution in [-0.2, 0) is 28.7 Å². The van der Waals surface area contributed by atoms with Crippen LogP contribution >= 0.6 is 0 Å². The van der Waals surface area contributed by atoms with Gasteiger partial charge in [0.1, 0.15) is 18.1 Å². The van der Waals surface area contributed by atoms with Crippen LogP contribution in [-0.4, -0.2) is 17.2 Å². The Kier molecular flexibility index (Phi) is 8.63. The molecule has 0 aliphatic heterocycles. The zero-order valence-corrected chi connectivity index (χ0v) is 24.4. The van der Waals surface area contributed by atoms with Crippen molar-refractivity contribution in [3.63, 3.8) is 0 Å². The Morgan fingerprint density at radius 1 is 0.875 bits per heavy atom. The number of rotatable bonds is 8. The van der Waals surface area contributed by atoms with Crippen molar-refractivity contribution < 1.29 is 14.6 Å². The summed E-state index contributed by atoms with van der Waals surface area (Å²) in [6.45, 7) is 12.9. The van der Waals surface area contributed by atoms with Crippen molar-refractivity contribution in [1.29, 1.82) is 0 Å². The van der Waals surface area contributed by atoms with Crippen LogP contribution in [0.3, 0.4) is 0 Å². The Hall–Kier alpha value is -4.12. The maximum atomic E-state index is 12.7. The van der Waals surface area contributed by atoms with E-state index in [0.29, 0.717) is 24.5 Å². The molecule has 40 heavy (non-hydrogen) atoms. The first kappa shape index (κ1) is 28.9. The lowest BCUT2D eigenvalue weighted by Gasteiger charge is -2.28. The highest BCUT2D eigenvalue weighted by atomic mass is 16.5. The third-order valence-corrected chi connectivity index (χ3v) is 7.00. The molecule has 5 nitrogen and oxygen atoms in total. The summed E-state index contributed by atoms with van der Waals surface area (Å²) < 4.78 is 6.16. The standard InChI is InChI=1S/C35H40N2O3/c1-34(2,3)29-20-24(21-30(33(29)39)35(4,5)6)18-19-32(38)37-36-22-26-13-8-10-17-31(26)40-23-27-15-11-14-25-12-7-9-16-28(25)27/h7-17,20-22,39H,18-19,23H2,1-6H3,(H,37,38)/b36-22-. The lowest BCUT2D eigenvalue weighted by Crippen LogP contribution is -2.20. The number of nitrogens with zero attached hydrogens (tertiary/aromatic N) is 1. The fraction of sp³-hybridized carbons (Fsp3) is 0.314. The average Bonchev–Trinajstić information content (AvgIpc) is 2.90. The van der Waals surface area contributed by atoms with E-state index in [4.69, 9.17) is 4.74 Å². The number of phenols is 1. The van der Waals surface area contributed by atoms with Gasteiger partial charge in [0.15, 0.2) is 0 Å². The SMILES string of the molecule is CC(C)(C)c1cc(CCC(=O)N/N=C\c2ccccc2OCc2cccc3ccccc23)cc(C(C)(C)C)c1O. The smallest absolute Gasteiger partial charge is 0.240 e. The fourth-order valence-corrected chi connectivity index (χ4v) is 4.76. The maximum absolute atomic E-state index is 12.7. The van der Waals surface area contributed by atoms with Gasteiger partial charge in [0.2, 0.25) is 5.91 Å². The minimum atomic E-state index is -0.213. The first-order valence-corrected chi connectivity index (χ1v) is 13.8. The molecule has 4 aromatic carbocycles. The van der Waals surface area contributed by atoms with E-state index in [1.165, 1.54) is 10.8 Å². The second-order valence-electron chi connectivity index (χ2n) is 12.3. The van der Waals surface area contributed by atoms with Crippen LogP contribution in [0, 0.1) is 0 Å². The molecule has 4 rings (SSSR count). The van der Waals surface area contributed by atoms with Gasteiger partial charge >= 0.3 is 0 Å². The number of para-hydroxylation sites is 1. The molecule has 0 aliphatic rings. The van der Waals surface area contributed by atoms with Gasteiger partial charge in [-0.15, -0.1) is 0 Å². The molecule has 0 aliphatic carbocycles. The van der Waals surface area contributed by atoms with E-state index in [-0.39, 0.29) is 23.2 Å². The predicted octanol–water partition coefficient (Wildman–Crippen LogP) is 7.80. The number of hydrogen-bond acceptors (Lipinski definition) is 4.